The van der Waals surface area contributed by atoms with Crippen molar-refractivity contribution in [2.75, 3.05) is 0 Å². The lowest BCUT2D eigenvalue weighted by molar-refractivity contribution is -0.264. The van der Waals surface area contributed by atoms with Gasteiger partial charge in [0, 0.05) is 11.8 Å². The Morgan fingerprint density at radius 3 is 2.28 bits per heavy atom. The molecule has 186 valence electrons. The van der Waals surface area contributed by atoms with Gasteiger partial charge in [0.2, 0.25) is 0 Å². The van der Waals surface area contributed by atoms with Crippen LogP contribution in [-0.2, 0) is 0 Å². The average molecular weight is 451 g/mol. The summed E-state index contributed by atoms with van der Waals surface area (Å²) in [5.74, 6) is 3.22. The maximum absolute atomic E-state index is 11.6. The Bertz CT molecular complexity index is 687. The second kappa shape index (κ2) is 8.21. The summed E-state index contributed by atoms with van der Waals surface area (Å²) in [4.78, 5) is 0. The summed E-state index contributed by atoms with van der Waals surface area (Å²) in [7, 11) is 0. The largest absolute Gasteiger partial charge is 0.393 e. The quantitative estimate of drug-likeness (QED) is 0.479. The Kier molecular flexibility index (Phi) is 6.40. The zero-order chi connectivity index (χ0) is 23.7. The molecule has 0 spiro atoms. The summed E-state index contributed by atoms with van der Waals surface area (Å²) in [6.45, 7) is 13.2. The Labute approximate surface area is 196 Å². The predicted molar refractivity (Wildman–Crippen MR) is 128 cm³/mol. The minimum Gasteiger partial charge on any atom is -0.393 e. The molecule has 0 aromatic carbocycles. The van der Waals surface area contributed by atoms with E-state index in [1.807, 2.05) is 13.8 Å². The van der Waals surface area contributed by atoms with Crippen molar-refractivity contribution in [3.05, 3.63) is 0 Å². The lowest BCUT2D eigenvalue weighted by atomic mass is 9.42. The number of fused-ring (bicyclic) bond motifs is 5. The van der Waals surface area contributed by atoms with E-state index in [0.717, 1.165) is 25.7 Å². The molecule has 0 aromatic rings. The highest BCUT2D eigenvalue weighted by molar-refractivity contribution is 5.17. The molecule has 32 heavy (non-hydrogen) atoms. The van der Waals surface area contributed by atoms with E-state index >= 15 is 0 Å². The molecule has 4 nitrogen and oxygen atoms in total. The summed E-state index contributed by atoms with van der Waals surface area (Å²) in [5, 5.41) is 43.5. The SMILES string of the molecule is C[C@H](CC[C@H](C)C(C)(C)O)C1CCC2C3CC(O)[C@@]4(O)CC(O)CCC4(C)C3CCC21C. The number of aliphatic hydroxyl groups excluding tert-OH is 2. The van der Waals surface area contributed by atoms with Gasteiger partial charge in [-0.05, 0) is 106 Å². The molecular weight excluding hydrogens is 400 g/mol. The van der Waals surface area contributed by atoms with Crippen molar-refractivity contribution in [2.45, 2.75) is 129 Å². The third-order valence-electron chi connectivity index (χ3n) is 11.9. The number of hydrogen-bond acceptors (Lipinski definition) is 4. The van der Waals surface area contributed by atoms with Crippen molar-refractivity contribution in [2.24, 2.45) is 46.3 Å². The third-order valence-corrected chi connectivity index (χ3v) is 11.9. The van der Waals surface area contributed by atoms with Gasteiger partial charge in [-0.2, -0.15) is 0 Å². The van der Waals surface area contributed by atoms with Gasteiger partial charge in [-0.15, -0.1) is 0 Å². The van der Waals surface area contributed by atoms with E-state index < -0.39 is 23.4 Å². The van der Waals surface area contributed by atoms with E-state index in [1.165, 1.54) is 25.7 Å². The molecule has 8 unspecified atom stereocenters. The Morgan fingerprint density at radius 2 is 1.62 bits per heavy atom. The molecular formula is C28H50O4. The van der Waals surface area contributed by atoms with Gasteiger partial charge < -0.3 is 20.4 Å². The lowest BCUT2D eigenvalue weighted by Gasteiger charge is -2.65. The van der Waals surface area contributed by atoms with Crippen molar-refractivity contribution in [3.8, 4) is 0 Å². The summed E-state index contributed by atoms with van der Waals surface area (Å²) in [5.41, 5.74) is -1.73. The van der Waals surface area contributed by atoms with Gasteiger partial charge in [0.25, 0.3) is 0 Å². The Balaban J connectivity index is 1.51. The first-order chi connectivity index (χ1) is 14.7. The minimum atomic E-state index is -1.14. The lowest BCUT2D eigenvalue weighted by Crippen LogP contribution is -2.68. The second-order valence-electron chi connectivity index (χ2n) is 13.7. The van der Waals surface area contributed by atoms with Gasteiger partial charge in [0.1, 0.15) is 0 Å². The maximum atomic E-state index is 11.6. The molecule has 4 rings (SSSR count). The van der Waals surface area contributed by atoms with E-state index in [9.17, 15) is 20.4 Å². The van der Waals surface area contributed by atoms with Gasteiger partial charge in [0.05, 0.1) is 23.4 Å². The molecule has 0 radical (unpaired) electrons. The van der Waals surface area contributed by atoms with Crippen LogP contribution in [0.3, 0.4) is 0 Å². The molecule has 4 aliphatic carbocycles. The van der Waals surface area contributed by atoms with Crippen LogP contribution >= 0.6 is 0 Å². The first kappa shape index (κ1) is 24.9. The normalized spacial score (nSPS) is 50.8. The summed E-state index contributed by atoms with van der Waals surface area (Å²) in [6.07, 6.45) is 8.50. The molecule has 0 bridgehead atoms. The molecule has 4 saturated carbocycles. The average Bonchev–Trinajstić information content (AvgIpc) is 3.05. The minimum absolute atomic E-state index is 0.290. The number of hydrogen-bond donors (Lipinski definition) is 4. The van der Waals surface area contributed by atoms with Crippen molar-refractivity contribution < 1.29 is 20.4 Å². The molecule has 4 N–H and O–H groups in total. The third kappa shape index (κ3) is 3.71. The van der Waals surface area contributed by atoms with Crippen LogP contribution in [0.15, 0.2) is 0 Å². The van der Waals surface area contributed by atoms with Gasteiger partial charge in [-0.3, -0.25) is 0 Å². The molecule has 0 saturated heterocycles. The molecule has 11 atom stereocenters. The monoisotopic (exact) mass is 450 g/mol. The van der Waals surface area contributed by atoms with Crippen LogP contribution in [0.2, 0.25) is 0 Å². The molecule has 0 amide bonds. The van der Waals surface area contributed by atoms with Crippen LogP contribution in [0, 0.1) is 46.3 Å². The smallest absolute Gasteiger partial charge is 0.0985 e. The fourth-order valence-corrected chi connectivity index (χ4v) is 9.30. The summed E-state index contributed by atoms with van der Waals surface area (Å²) in [6, 6.07) is 0. The van der Waals surface area contributed by atoms with E-state index in [1.54, 1.807) is 0 Å². The van der Waals surface area contributed by atoms with Crippen LogP contribution in [-0.4, -0.2) is 43.8 Å². The fraction of sp³-hybridized carbons (Fsp3) is 1.00. The number of rotatable bonds is 5. The van der Waals surface area contributed by atoms with Gasteiger partial charge in [-0.1, -0.05) is 34.1 Å². The first-order valence-corrected chi connectivity index (χ1v) is 13.5. The predicted octanol–water partition coefficient (Wildman–Crippen LogP) is 4.92. The van der Waals surface area contributed by atoms with E-state index in [4.69, 9.17) is 0 Å². The molecule has 4 aliphatic rings. The van der Waals surface area contributed by atoms with Gasteiger partial charge in [0.15, 0.2) is 0 Å². The van der Waals surface area contributed by atoms with Crippen molar-refractivity contribution in [3.63, 3.8) is 0 Å². The summed E-state index contributed by atoms with van der Waals surface area (Å²) >= 11 is 0. The van der Waals surface area contributed by atoms with E-state index in [2.05, 4.69) is 27.7 Å². The highest BCUT2D eigenvalue weighted by atomic mass is 16.3. The highest BCUT2D eigenvalue weighted by Crippen LogP contribution is 2.69. The maximum Gasteiger partial charge on any atom is 0.0985 e. The standard InChI is InChI=1S/C28H50O4/c1-17(7-8-18(2)25(3,4)31)21-9-10-22-20-15-24(30)28(32)16-19(29)11-14-27(28,6)23(20)12-13-26(21,22)5/h17-24,29-32H,7-16H2,1-6H3/t17-,18+,19?,20?,21?,22?,23?,24?,26?,27?,28+/m1/s1. The van der Waals surface area contributed by atoms with Gasteiger partial charge >= 0.3 is 0 Å². The van der Waals surface area contributed by atoms with Crippen LogP contribution in [0.1, 0.15) is 106 Å². The van der Waals surface area contributed by atoms with Crippen LogP contribution in [0.4, 0.5) is 0 Å². The molecule has 4 heteroatoms. The Hall–Kier alpha value is -0.160. The highest BCUT2D eigenvalue weighted by Gasteiger charge is 2.67. The van der Waals surface area contributed by atoms with Crippen LogP contribution < -0.4 is 0 Å². The van der Waals surface area contributed by atoms with Crippen molar-refractivity contribution >= 4 is 0 Å². The Morgan fingerprint density at radius 1 is 0.938 bits per heavy atom. The molecule has 0 aliphatic heterocycles. The summed E-state index contributed by atoms with van der Waals surface area (Å²) < 4.78 is 0. The zero-order valence-electron chi connectivity index (χ0n) is 21.5. The topological polar surface area (TPSA) is 80.9 Å². The fourth-order valence-electron chi connectivity index (χ4n) is 9.30. The van der Waals surface area contributed by atoms with E-state index in [0.29, 0.717) is 53.8 Å². The van der Waals surface area contributed by atoms with Crippen LogP contribution in [0.5, 0.6) is 0 Å². The number of aliphatic hydroxyl groups is 4. The van der Waals surface area contributed by atoms with Crippen molar-refractivity contribution in [1.82, 2.24) is 0 Å². The first-order valence-electron chi connectivity index (χ1n) is 13.5. The molecule has 0 heterocycles. The van der Waals surface area contributed by atoms with Crippen molar-refractivity contribution in [1.29, 1.82) is 0 Å². The molecule has 4 fully saturated rings. The zero-order valence-corrected chi connectivity index (χ0v) is 21.5. The van der Waals surface area contributed by atoms with E-state index in [-0.39, 0.29) is 5.41 Å². The molecule has 0 aromatic heterocycles. The van der Waals surface area contributed by atoms with Crippen LogP contribution in [0.25, 0.3) is 0 Å². The van der Waals surface area contributed by atoms with Gasteiger partial charge in [-0.25, -0.2) is 0 Å². The second-order valence-corrected chi connectivity index (χ2v) is 13.7.